The van der Waals surface area contributed by atoms with E-state index in [2.05, 4.69) is 47.3 Å². The zero-order chi connectivity index (χ0) is 25.8. The maximum absolute atomic E-state index is 13.2. The van der Waals surface area contributed by atoms with Crippen molar-refractivity contribution in [2.75, 3.05) is 5.75 Å². The van der Waals surface area contributed by atoms with E-state index in [-0.39, 0.29) is 13.2 Å². The first-order chi connectivity index (χ1) is 16.9. The SMILES string of the molecule is CCc1cc(CC)c(CCS(=O)(=O)[N-]C(c2ccccc2)C([NH-])c2ccccc2)c(CC)c1.[CH3-].[Cl][Ru+3]. The molecule has 2 unspecified atom stereocenters. The van der Waals surface area contributed by atoms with Crippen molar-refractivity contribution in [3.05, 3.63) is 124 Å². The molecule has 0 spiro atoms. The van der Waals surface area contributed by atoms with Gasteiger partial charge in [0, 0.05) is 5.75 Å². The zero-order valence-corrected chi connectivity index (χ0v) is 24.8. The number of nitrogens with one attached hydrogen (secondary N) is 1. The summed E-state index contributed by atoms with van der Waals surface area (Å²) in [6.07, 6.45) is 3.17. The van der Waals surface area contributed by atoms with Crippen molar-refractivity contribution in [2.24, 2.45) is 0 Å². The fourth-order valence-corrected chi connectivity index (χ4v) is 5.45. The third-order valence-electron chi connectivity index (χ3n) is 6.16. The second-order valence-corrected chi connectivity index (χ2v) is 10.1. The van der Waals surface area contributed by atoms with Gasteiger partial charge < -0.3 is 17.9 Å². The first kappa shape index (κ1) is 32.5. The van der Waals surface area contributed by atoms with Crippen molar-refractivity contribution in [3.8, 4) is 0 Å². The molecule has 0 aromatic heterocycles. The van der Waals surface area contributed by atoms with Crippen molar-refractivity contribution in [1.82, 2.24) is 0 Å². The number of halogens is 1. The average molecular weight is 614 g/mol. The number of hydrogen-bond acceptors (Lipinski definition) is 2. The molecule has 196 valence electrons. The van der Waals surface area contributed by atoms with E-state index in [1.165, 1.54) is 16.7 Å². The fraction of sp³-hybridized carbons (Fsp3) is 0.345. The molecule has 0 aliphatic carbocycles. The Morgan fingerprint density at radius 1 is 0.833 bits per heavy atom. The van der Waals surface area contributed by atoms with Crippen molar-refractivity contribution in [1.29, 1.82) is 0 Å². The van der Waals surface area contributed by atoms with Crippen LogP contribution in [0.3, 0.4) is 0 Å². The molecule has 1 N–H and O–H groups in total. The molecular weight excluding hydrogens is 577 g/mol. The van der Waals surface area contributed by atoms with Gasteiger partial charge >= 0.3 is 27.0 Å². The molecule has 7 heteroatoms. The first-order valence-corrected chi connectivity index (χ1v) is 15.8. The van der Waals surface area contributed by atoms with Crippen LogP contribution < -0.4 is 0 Å². The summed E-state index contributed by atoms with van der Waals surface area (Å²) in [5.74, 6) is -0.0523. The number of hydrogen-bond donors (Lipinski definition) is 0. The molecule has 0 heterocycles. The number of benzene rings is 3. The van der Waals surface area contributed by atoms with Crippen LogP contribution in [0.25, 0.3) is 10.5 Å². The second-order valence-electron chi connectivity index (χ2n) is 8.34. The van der Waals surface area contributed by atoms with E-state index in [0.29, 0.717) is 6.42 Å². The van der Waals surface area contributed by atoms with Gasteiger partial charge in [0.25, 0.3) is 0 Å². The third-order valence-corrected chi connectivity index (χ3v) is 7.43. The topological polar surface area (TPSA) is 72.0 Å². The van der Waals surface area contributed by atoms with Gasteiger partial charge in [0.05, 0.1) is 10.0 Å². The van der Waals surface area contributed by atoms with Crippen LogP contribution in [0.5, 0.6) is 0 Å². The molecule has 0 aliphatic rings. The Kier molecular flexibility index (Phi) is 14.7. The quantitative estimate of drug-likeness (QED) is 0.161. The molecule has 3 aromatic carbocycles. The molecular formula is C29H37ClN2O2RuS. The zero-order valence-electron chi connectivity index (χ0n) is 21.5. The first-order valence-electron chi connectivity index (χ1n) is 11.9. The third kappa shape index (κ3) is 9.08. The Bertz CT molecular complexity index is 1120. The Hall–Kier alpha value is -1.56. The van der Waals surface area contributed by atoms with Crippen LogP contribution in [0, 0.1) is 7.43 Å². The molecule has 3 aromatic rings. The molecule has 0 saturated carbocycles. The molecule has 0 saturated heterocycles. The molecule has 0 radical (unpaired) electrons. The molecule has 36 heavy (non-hydrogen) atoms. The van der Waals surface area contributed by atoms with Crippen LogP contribution in [0.4, 0.5) is 0 Å². The number of nitrogens with zero attached hydrogens (tertiary/aromatic N) is 1. The normalized spacial score (nSPS) is 12.6. The maximum atomic E-state index is 13.2. The van der Waals surface area contributed by atoms with Crippen LogP contribution in [0.1, 0.15) is 66.2 Å². The van der Waals surface area contributed by atoms with Gasteiger partial charge in [-0.05, 0) is 47.9 Å². The van der Waals surface area contributed by atoms with E-state index in [1.807, 2.05) is 78.0 Å². The van der Waals surface area contributed by atoms with Gasteiger partial charge in [0.15, 0.2) is 0 Å². The predicted octanol–water partition coefficient (Wildman–Crippen LogP) is 8.29. The van der Waals surface area contributed by atoms with Crippen LogP contribution in [-0.2, 0) is 53.0 Å². The fourth-order valence-electron chi connectivity index (χ4n) is 4.29. The molecule has 0 fully saturated rings. The second kappa shape index (κ2) is 16.3. The van der Waals surface area contributed by atoms with Gasteiger partial charge in [-0.3, -0.25) is 0 Å². The van der Waals surface area contributed by atoms with Gasteiger partial charge in [-0.25, -0.2) is 8.42 Å². The Balaban J connectivity index is 0.00000211. The van der Waals surface area contributed by atoms with E-state index >= 15 is 0 Å². The number of sulfonamides is 1. The van der Waals surface area contributed by atoms with Crippen LogP contribution in [0.15, 0.2) is 72.8 Å². The van der Waals surface area contributed by atoms with E-state index in [9.17, 15) is 8.42 Å². The standard InChI is InChI=1S/C28H34N2O2S.CH3.ClH.Ru/c1-4-21-19-22(5-2)26(23(6-3)20-21)17-18-33(31,32)30-28(25-15-11-8-12-16-25)27(29)24-13-9-7-10-14-24;;;/h7-16,19-20,27-29H,4-6,17-18H2,1-3H3;1H3;1H;/q-2;-1;;+4/p-1. The molecule has 0 amide bonds. The van der Waals surface area contributed by atoms with E-state index in [4.69, 9.17) is 5.73 Å². The number of aryl methyl sites for hydroxylation is 3. The summed E-state index contributed by atoms with van der Waals surface area (Å²) in [4.78, 5) is 0. The summed E-state index contributed by atoms with van der Waals surface area (Å²) >= 11 is 1.82. The van der Waals surface area contributed by atoms with Gasteiger partial charge in [-0.15, -0.1) is 12.1 Å². The van der Waals surface area contributed by atoms with Crippen molar-refractivity contribution in [2.45, 2.75) is 58.5 Å². The minimum atomic E-state index is -3.74. The summed E-state index contributed by atoms with van der Waals surface area (Å²) in [7, 11) is 0.828. The van der Waals surface area contributed by atoms with Crippen LogP contribution in [-0.4, -0.2) is 14.2 Å². The molecule has 3 rings (SSSR count). The van der Waals surface area contributed by atoms with Gasteiger partial charge in [-0.1, -0.05) is 105 Å². The van der Waals surface area contributed by atoms with E-state index in [0.717, 1.165) is 36.0 Å². The molecule has 0 aliphatic heterocycles. The van der Waals surface area contributed by atoms with Crippen LogP contribution in [0.2, 0.25) is 0 Å². The average Bonchev–Trinajstić information content (AvgIpc) is 2.91. The predicted molar refractivity (Wildman–Crippen MR) is 150 cm³/mol. The summed E-state index contributed by atoms with van der Waals surface area (Å²) in [6.45, 7) is 6.38. The monoisotopic (exact) mass is 614 g/mol. The number of rotatable bonds is 11. The molecule has 0 bridgehead atoms. The molecule has 2 atom stereocenters. The Morgan fingerprint density at radius 2 is 1.31 bits per heavy atom. The Labute approximate surface area is 232 Å². The summed E-state index contributed by atoms with van der Waals surface area (Å²) in [5.41, 5.74) is 15.2. The molecule has 4 nitrogen and oxygen atoms in total. The van der Waals surface area contributed by atoms with Gasteiger partial charge in [-0.2, -0.15) is 0 Å². The Morgan fingerprint density at radius 3 is 1.75 bits per heavy atom. The summed E-state index contributed by atoms with van der Waals surface area (Å²) in [6, 6.07) is 21.5. The van der Waals surface area contributed by atoms with Crippen LogP contribution >= 0.6 is 9.69 Å². The van der Waals surface area contributed by atoms with E-state index in [1.54, 1.807) is 0 Å². The van der Waals surface area contributed by atoms with E-state index < -0.39 is 22.1 Å². The van der Waals surface area contributed by atoms with Crippen molar-refractivity contribution in [3.63, 3.8) is 0 Å². The van der Waals surface area contributed by atoms with Crippen molar-refractivity contribution >= 4 is 19.7 Å². The van der Waals surface area contributed by atoms with Crippen molar-refractivity contribution < 1.29 is 25.7 Å². The summed E-state index contributed by atoms with van der Waals surface area (Å²) < 4.78 is 30.7. The van der Waals surface area contributed by atoms with Gasteiger partial charge in [0.2, 0.25) is 0 Å². The summed E-state index contributed by atoms with van der Waals surface area (Å²) in [5, 5.41) is 0. The minimum absolute atomic E-state index is 0. The van der Waals surface area contributed by atoms with Gasteiger partial charge in [0.1, 0.15) is 0 Å².